The third kappa shape index (κ3) is 2.77. The molecule has 1 saturated heterocycles. The number of anilines is 1. The Morgan fingerprint density at radius 1 is 1.40 bits per heavy atom. The van der Waals surface area contributed by atoms with Crippen molar-refractivity contribution in [3.63, 3.8) is 0 Å². The average Bonchev–Trinajstić information content (AvgIpc) is 2.78. The summed E-state index contributed by atoms with van der Waals surface area (Å²) in [4.78, 5) is 18.6. The molecule has 3 rings (SSSR count). The molecular weight excluding hydrogens is 270 g/mol. The Morgan fingerprint density at radius 2 is 2.15 bits per heavy atom. The smallest absolute Gasteiger partial charge is 0.321 e. The zero-order valence-electron chi connectivity index (χ0n) is 11.8. The van der Waals surface area contributed by atoms with E-state index in [0.29, 0.717) is 0 Å². The van der Waals surface area contributed by atoms with Gasteiger partial charge in [0.2, 0.25) is 0 Å². The molecular formula is C15H19N3OS. The first-order valence-corrected chi connectivity index (χ1v) is 7.86. The van der Waals surface area contributed by atoms with Crippen molar-refractivity contribution < 1.29 is 4.79 Å². The van der Waals surface area contributed by atoms with E-state index in [-0.39, 0.29) is 6.03 Å². The van der Waals surface area contributed by atoms with E-state index in [0.717, 1.165) is 52.8 Å². The predicted molar refractivity (Wildman–Crippen MR) is 83.3 cm³/mol. The van der Waals surface area contributed by atoms with Gasteiger partial charge in [-0.1, -0.05) is 6.92 Å². The summed E-state index contributed by atoms with van der Waals surface area (Å²) in [6.07, 6.45) is 2.19. The van der Waals surface area contributed by atoms with E-state index in [1.54, 1.807) is 11.3 Å². The number of benzene rings is 1. The Hall–Kier alpha value is -1.62. The minimum absolute atomic E-state index is 0.00296. The Balaban J connectivity index is 1.70. The van der Waals surface area contributed by atoms with Crippen LogP contribution in [0, 0.1) is 12.8 Å². The molecule has 2 amide bonds. The van der Waals surface area contributed by atoms with Gasteiger partial charge in [0.1, 0.15) is 0 Å². The lowest BCUT2D eigenvalue weighted by molar-refractivity contribution is 0.186. The van der Waals surface area contributed by atoms with Crippen molar-refractivity contribution >= 4 is 33.3 Å². The molecule has 106 valence electrons. The van der Waals surface area contributed by atoms with Crippen LogP contribution in [0.15, 0.2) is 18.2 Å². The SMILES string of the molecule is Cc1nc2cc(NC(=O)N3CCC(C)CC3)ccc2s1. The van der Waals surface area contributed by atoms with Crippen molar-refractivity contribution in [2.75, 3.05) is 18.4 Å². The van der Waals surface area contributed by atoms with Crippen LogP contribution in [0.25, 0.3) is 10.2 Å². The van der Waals surface area contributed by atoms with Crippen LogP contribution in [0.3, 0.4) is 0 Å². The minimum Gasteiger partial charge on any atom is -0.325 e. The molecule has 5 heteroatoms. The van der Waals surface area contributed by atoms with E-state index < -0.39 is 0 Å². The summed E-state index contributed by atoms with van der Waals surface area (Å²) in [5.41, 5.74) is 1.78. The van der Waals surface area contributed by atoms with Gasteiger partial charge in [0.25, 0.3) is 0 Å². The summed E-state index contributed by atoms with van der Waals surface area (Å²) >= 11 is 1.67. The maximum absolute atomic E-state index is 12.2. The molecule has 1 aromatic heterocycles. The predicted octanol–water partition coefficient (Wildman–Crippen LogP) is 3.87. The van der Waals surface area contributed by atoms with Crippen LogP contribution in [0.1, 0.15) is 24.8 Å². The van der Waals surface area contributed by atoms with Gasteiger partial charge in [0, 0.05) is 18.8 Å². The van der Waals surface area contributed by atoms with E-state index >= 15 is 0 Å². The minimum atomic E-state index is 0.00296. The zero-order valence-corrected chi connectivity index (χ0v) is 12.7. The van der Waals surface area contributed by atoms with Crippen LogP contribution >= 0.6 is 11.3 Å². The van der Waals surface area contributed by atoms with Crippen molar-refractivity contribution in [2.45, 2.75) is 26.7 Å². The number of fused-ring (bicyclic) bond motifs is 1. The Morgan fingerprint density at radius 3 is 2.90 bits per heavy atom. The monoisotopic (exact) mass is 289 g/mol. The van der Waals surface area contributed by atoms with Crippen molar-refractivity contribution in [1.29, 1.82) is 0 Å². The van der Waals surface area contributed by atoms with Crippen LogP contribution in [0.5, 0.6) is 0 Å². The molecule has 2 heterocycles. The Labute approximate surface area is 122 Å². The summed E-state index contributed by atoms with van der Waals surface area (Å²) < 4.78 is 1.16. The van der Waals surface area contributed by atoms with E-state index in [9.17, 15) is 4.79 Å². The molecule has 2 aromatic rings. The van der Waals surface area contributed by atoms with E-state index in [4.69, 9.17) is 0 Å². The van der Waals surface area contributed by atoms with Crippen molar-refractivity contribution in [2.24, 2.45) is 5.92 Å². The third-order valence-electron chi connectivity index (χ3n) is 3.82. The van der Waals surface area contributed by atoms with Crippen molar-refractivity contribution in [1.82, 2.24) is 9.88 Å². The topological polar surface area (TPSA) is 45.2 Å². The number of nitrogens with one attached hydrogen (secondary N) is 1. The van der Waals surface area contributed by atoms with Crippen molar-refractivity contribution in [3.05, 3.63) is 23.2 Å². The molecule has 1 aliphatic rings. The quantitative estimate of drug-likeness (QED) is 0.866. The number of thiazole rings is 1. The summed E-state index contributed by atoms with van der Waals surface area (Å²) in [6, 6.07) is 5.92. The Kier molecular flexibility index (Phi) is 3.61. The first kappa shape index (κ1) is 13.4. The van der Waals surface area contributed by atoms with Crippen molar-refractivity contribution in [3.8, 4) is 0 Å². The highest BCUT2D eigenvalue weighted by Gasteiger charge is 2.20. The van der Waals surface area contributed by atoms with Crippen LogP contribution in [0.2, 0.25) is 0 Å². The van der Waals surface area contributed by atoms with Crippen LogP contribution in [-0.2, 0) is 0 Å². The van der Waals surface area contributed by atoms with Gasteiger partial charge >= 0.3 is 6.03 Å². The first-order valence-electron chi connectivity index (χ1n) is 7.05. The second-order valence-corrected chi connectivity index (χ2v) is 6.75. The lowest BCUT2D eigenvalue weighted by Gasteiger charge is -2.30. The van der Waals surface area contributed by atoms with Crippen LogP contribution < -0.4 is 5.32 Å². The number of carbonyl (C=O) groups is 1. The average molecular weight is 289 g/mol. The number of likely N-dealkylation sites (tertiary alicyclic amines) is 1. The van der Waals surface area contributed by atoms with Gasteiger partial charge in [-0.05, 0) is 43.9 Å². The summed E-state index contributed by atoms with van der Waals surface area (Å²) in [5, 5.41) is 4.03. The number of rotatable bonds is 1. The van der Waals surface area contributed by atoms with Gasteiger partial charge < -0.3 is 10.2 Å². The molecule has 0 saturated carbocycles. The fourth-order valence-corrected chi connectivity index (χ4v) is 3.34. The summed E-state index contributed by atoms with van der Waals surface area (Å²) in [7, 11) is 0. The van der Waals surface area contributed by atoms with Crippen LogP contribution in [0.4, 0.5) is 10.5 Å². The summed E-state index contributed by atoms with van der Waals surface area (Å²) in [6.45, 7) is 5.95. The highest BCUT2D eigenvalue weighted by atomic mass is 32.1. The van der Waals surface area contributed by atoms with Gasteiger partial charge in [-0.15, -0.1) is 11.3 Å². The van der Waals surface area contributed by atoms with Crippen LogP contribution in [-0.4, -0.2) is 29.0 Å². The number of aryl methyl sites for hydroxylation is 1. The highest BCUT2D eigenvalue weighted by molar-refractivity contribution is 7.18. The van der Waals surface area contributed by atoms with E-state index in [1.807, 2.05) is 30.0 Å². The molecule has 20 heavy (non-hydrogen) atoms. The van der Waals surface area contributed by atoms with Gasteiger partial charge in [0.15, 0.2) is 0 Å². The van der Waals surface area contributed by atoms with Gasteiger partial charge in [-0.2, -0.15) is 0 Å². The van der Waals surface area contributed by atoms with Gasteiger partial charge in [-0.25, -0.2) is 9.78 Å². The number of hydrogen-bond acceptors (Lipinski definition) is 3. The molecule has 0 atom stereocenters. The summed E-state index contributed by atoms with van der Waals surface area (Å²) in [5.74, 6) is 0.730. The fraction of sp³-hybridized carbons (Fsp3) is 0.467. The third-order valence-corrected chi connectivity index (χ3v) is 4.77. The maximum Gasteiger partial charge on any atom is 0.321 e. The van der Waals surface area contributed by atoms with E-state index in [2.05, 4.69) is 17.2 Å². The number of nitrogens with zero attached hydrogens (tertiary/aromatic N) is 2. The number of piperidine rings is 1. The molecule has 1 fully saturated rings. The molecule has 1 aromatic carbocycles. The second-order valence-electron chi connectivity index (χ2n) is 5.52. The molecule has 0 spiro atoms. The Bertz CT molecular complexity index is 629. The largest absolute Gasteiger partial charge is 0.325 e. The molecule has 0 aliphatic carbocycles. The zero-order chi connectivity index (χ0) is 14.1. The van der Waals surface area contributed by atoms with Gasteiger partial charge in [0.05, 0.1) is 15.2 Å². The maximum atomic E-state index is 12.2. The molecule has 0 bridgehead atoms. The first-order chi connectivity index (χ1) is 9.61. The molecule has 4 nitrogen and oxygen atoms in total. The molecule has 0 unspecified atom stereocenters. The van der Waals surface area contributed by atoms with E-state index in [1.165, 1.54) is 0 Å². The standard InChI is InChI=1S/C15H19N3OS/c1-10-5-7-18(8-6-10)15(19)17-12-3-4-14-13(9-12)16-11(2)20-14/h3-4,9-10H,5-8H2,1-2H3,(H,17,19). The number of urea groups is 1. The lowest BCUT2D eigenvalue weighted by Crippen LogP contribution is -2.40. The normalized spacial score (nSPS) is 16.6. The van der Waals surface area contributed by atoms with Gasteiger partial charge in [-0.3, -0.25) is 0 Å². The number of amides is 2. The fourth-order valence-electron chi connectivity index (χ4n) is 2.53. The highest BCUT2D eigenvalue weighted by Crippen LogP contribution is 2.25. The molecule has 1 N–H and O–H groups in total. The number of aromatic nitrogens is 1. The second kappa shape index (κ2) is 5.40. The number of hydrogen-bond donors (Lipinski definition) is 1. The molecule has 1 aliphatic heterocycles. The number of carbonyl (C=O) groups excluding carboxylic acids is 1. The lowest BCUT2D eigenvalue weighted by atomic mass is 10.00. The molecule has 0 radical (unpaired) electrons.